The zero-order valence-corrected chi connectivity index (χ0v) is 20.7. The van der Waals surface area contributed by atoms with Gasteiger partial charge >= 0.3 is 0 Å². The number of halogens is 1. The maximum atomic E-state index is 6.34. The van der Waals surface area contributed by atoms with Crippen molar-refractivity contribution in [1.82, 2.24) is 15.5 Å². The lowest BCUT2D eigenvalue weighted by molar-refractivity contribution is 0.198. The Morgan fingerprint density at radius 1 is 1.23 bits per heavy atom. The fraction of sp³-hybridized carbons (Fsp3) is 0.609. The summed E-state index contributed by atoms with van der Waals surface area (Å²) in [6, 6.07) is 6.53. The van der Waals surface area contributed by atoms with Crippen molar-refractivity contribution in [2.75, 3.05) is 33.8 Å². The van der Waals surface area contributed by atoms with E-state index in [4.69, 9.17) is 9.47 Å². The quantitative estimate of drug-likeness (QED) is 0.232. The second-order valence-electron chi connectivity index (χ2n) is 7.91. The Labute approximate surface area is 198 Å². The van der Waals surface area contributed by atoms with Crippen LogP contribution in [0.15, 0.2) is 35.8 Å². The molecule has 1 saturated heterocycles. The normalized spacial score (nSPS) is 18.5. The number of nitrogens with zero attached hydrogens (tertiary/aromatic N) is 2. The molecule has 2 aliphatic rings. The van der Waals surface area contributed by atoms with E-state index >= 15 is 0 Å². The maximum Gasteiger partial charge on any atom is 0.191 e. The summed E-state index contributed by atoms with van der Waals surface area (Å²) in [6.45, 7) is 7.64. The van der Waals surface area contributed by atoms with Crippen LogP contribution in [0.4, 0.5) is 0 Å². The molecule has 1 aromatic rings. The highest BCUT2D eigenvalue weighted by atomic mass is 127. The molecule has 1 aliphatic heterocycles. The predicted molar refractivity (Wildman–Crippen MR) is 134 cm³/mol. The Morgan fingerprint density at radius 3 is 2.60 bits per heavy atom. The van der Waals surface area contributed by atoms with Crippen molar-refractivity contribution in [3.8, 4) is 11.5 Å². The van der Waals surface area contributed by atoms with Crippen LogP contribution in [0.2, 0.25) is 0 Å². The van der Waals surface area contributed by atoms with Gasteiger partial charge in [0.1, 0.15) is 0 Å². The van der Waals surface area contributed by atoms with Gasteiger partial charge in [0.15, 0.2) is 17.5 Å². The van der Waals surface area contributed by atoms with Crippen LogP contribution in [0, 0.1) is 0 Å². The highest BCUT2D eigenvalue weighted by Gasteiger charge is 2.22. The van der Waals surface area contributed by atoms with Crippen LogP contribution < -0.4 is 20.1 Å². The molecular formula is C23H37IN4O2. The average molecular weight is 528 g/mol. The van der Waals surface area contributed by atoms with Crippen molar-refractivity contribution >= 4 is 29.9 Å². The van der Waals surface area contributed by atoms with Crippen LogP contribution in [-0.4, -0.2) is 56.8 Å². The Balaban J connectivity index is 0.00000320. The number of para-hydroxylation sites is 1. The van der Waals surface area contributed by atoms with Gasteiger partial charge in [0, 0.05) is 44.8 Å². The van der Waals surface area contributed by atoms with E-state index in [1.54, 1.807) is 7.11 Å². The predicted octanol–water partition coefficient (Wildman–Crippen LogP) is 3.95. The largest absolute Gasteiger partial charge is 0.493 e. The first-order chi connectivity index (χ1) is 14.2. The van der Waals surface area contributed by atoms with Gasteiger partial charge in [-0.05, 0) is 44.6 Å². The number of hydrogen-bond donors (Lipinski definition) is 2. The molecule has 3 rings (SSSR count). The maximum absolute atomic E-state index is 6.34. The van der Waals surface area contributed by atoms with Crippen LogP contribution in [0.1, 0.15) is 44.1 Å². The number of piperidine rings is 1. The lowest BCUT2D eigenvalue weighted by Crippen LogP contribution is -2.48. The second-order valence-corrected chi connectivity index (χ2v) is 7.91. The number of hydrogen-bond acceptors (Lipinski definition) is 4. The molecule has 1 heterocycles. The van der Waals surface area contributed by atoms with E-state index in [2.05, 4.69) is 33.2 Å². The minimum Gasteiger partial charge on any atom is -0.493 e. The first-order valence-electron chi connectivity index (χ1n) is 10.9. The lowest BCUT2D eigenvalue weighted by Gasteiger charge is -2.32. The first-order valence-corrected chi connectivity index (χ1v) is 10.9. The molecule has 7 heteroatoms. The number of benzene rings is 1. The Kier molecular flexibility index (Phi) is 10.8. The fourth-order valence-electron chi connectivity index (χ4n) is 4.18. The van der Waals surface area contributed by atoms with Crippen LogP contribution in [0.5, 0.6) is 11.5 Å². The Hall–Kier alpha value is -1.48. The number of ether oxygens (including phenoxy) is 2. The van der Waals surface area contributed by atoms with Gasteiger partial charge in [-0.15, -0.1) is 30.6 Å². The second kappa shape index (κ2) is 13.0. The molecule has 6 nitrogen and oxygen atoms in total. The molecule has 1 aromatic carbocycles. The zero-order chi connectivity index (χ0) is 20.5. The molecule has 30 heavy (non-hydrogen) atoms. The van der Waals surface area contributed by atoms with Crippen LogP contribution >= 0.6 is 24.0 Å². The third-order valence-electron chi connectivity index (χ3n) is 5.85. The van der Waals surface area contributed by atoms with Crippen LogP contribution in [-0.2, 0) is 6.54 Å². The lowest BCUT2D eigenvalue weighted by atomic mass is 10.1. The van der Waals surface area contributed by atoms with Crippen molar-refractivity contribution in [3.05, 3.63) is 36.4 Å². The molecule has 0 unspecified atom stereocenters. The molecule has 2 N–H and O–H groups in total. The molecule has 0 atom stereocenters. The third-order valence-corrected chi connectivity index (χ3v) is 5.85. The Morgan fingerprint density at radius 2 is 1.97 bits per heavy atom. The summed E-state index contributed by atoms with van der Waals surface area (Å²) >= 11 is 0. The molecule has 0 spiro atoms. The van der Waals surface area contributed by atoms with Gasteiger partial charge in [0.25, 0.3) is 0 Å². The molecule has 0 radical (unpaired) electrons. The van der Waals surface area contributed by atoms with E-state index in [0.29, 0.717) is 18.7 Å². The number of nitrogens with one attached hydrogen (secondary N) is 2. The molecule has 0 aromatic heterocycles. The summed E-state index contributed by atoms with van der Waals surface area (Å²) in [6.07, 6.45) is 9.24. The van der Waals surface area contributed by atoms with Gasteiger partial charge < -0.3 is 20.1 Å². The average Bonchev–Trinajstić information content (AvgIpc) is 3.26. The van der Waals surface area contributed by atoms with E-state index in [0.717, 1.165) is 68.3 Å². The van der Waals surface area contributed by atoms with Crippen LogP contribution in [0.3, 0.4) is 0 Å². The Bertz CT molecular complexity index is 684. The smallest absolute Gasteiger partial charge is 0.191 e. The van der Waals surface area contributed by atoms with Gasteiger partial charge in [-0.3, -0.25) is 9.89 Å². The fourth-order valence-corrected chi connectivity index (χ4v) is 4.18. The zero-order valence-electron chi connectivity index (χ0n) is 18.4. The standard InChI is InChI=1S/C23H36N4O2.HI/c1-4-14-27-15-12-19(13-16-27)26-23(24-2)25-17-18-8-7-11-21(28-3)22(18)29-20-9-5-6-10-20;/h4,7-8,11,19-20H,1,5-6,9-10,12-17H2,2-3H3,(H2,24,25,26);1H. The van der Waals surface area contributed by atoms with E-state index in [1.165, 1.54) is 12.8 Å². The van der Waals surface area contributed by atoms with Crippen molar-refractivity contribution in [1.29, 1.82) is 0 Å². The van der Waals surface area contributed by atoms with E-state index in [1.807, 2.05) is 25.3 Å². The van der Waals surface area contributed by atoms with Gasteiger partial charge in [0.05, 0.1) is 13.2 Å². The summed E-state index contributed by atoms with van der Waals surface area (Å²) < 4.78 is 11.9. The summed E-state index contributed by atoms with van der Waals surface area (Å²) in [5.74, 6) is 2.50. The van der Waals surface area contributed by atoms with E-state index < -0.39 is 0 Å². The molecule has 168 valence electrons. The molecule has 0 bridgehead atoms. The first kappa shape index (κ1) is 24.8. The molecule has 1 aliphatic carbocycles. The summed E-state index contributed by atoms with van der Waals surface area (Å²) in [5.41, 5.74) is 1.10. The number of likely N-dealkylation sites (tertiary alicyclic amines) is 1. The summed E-state index contributed by atoms with van der Waals surface area (Å²) in [5, 5.41) is 7.03. The summed E-state index contributed by atoms with van der Waals surface area (Å²) in [7, 11) is 3.52. The topological polar surface area (TPSA) is 58.1 Å². The van der Waals surface area contributed by atoms with E-state index in [9.17, 15) is 0 Å². The molecule has 1 saturated carbocycles. The minimum atomic E-state index is 0. The number of methoxy groups -OCH3 is 1. The minimum absolute atomic E-state index is 0. The van der Waals surface area contributed by atoms with Crippen molar-refractivity contribution in [3.63, 3.8) is 0 Å². The SMILES string of the molecule is C=CCN1CCC(NC(=NC)NCc2cccc(OC)c2OC2CCCC2)CC1.I. The molecular weight excluding hydrogens is 491 g/mol. The monoisotopic (exact) mass is 528 g/mol. The molecule has 0 amide bonds. The van der Waals surface area contributed by atoms with Crippen molar-refractivity contribution < 1.29 is 9.47 Å². The van der Waals surface area contributed by atoms with Gasteiger partial charge in [-0.2, -0.15) is 0 Å². The number of aliphatic imine (C=N–C) groups is 1. The van der Waals surface area contributed by atoms with Gasteiger partial charge in [-0.1, -0.05) is 18.2 Å². The third kappa shape index (κ3) is 7.04. The molecule has 2 fully saturated rings. The van der Waals surface area contributed by atoms with Crippen molar-refractivity contribution in [2.24, 2.45) is 4.99 Å². The number of guanidine groups is 1. The highest BCUT2D eigenvalue weighted by Crippen LogP contribution is 2.34. The van der Waals surface area contributed by atoms with Gasteiger partial charge in [-0.25, -0.2) is 0 Å². The van der Waals surface area contributed by atoms with Crippen LogP contribution in [0.25, 0.3) is 0 Å². The van der Waals surface area contributed by atoms with Crippen molar-refractivity contribution in [2.45, 2.75) is 57.2 Å². The highest BCUT2D eigenvalue weighted by molar-refractivity contribution is 14.0. The summed E-state index contributed by atoms with van der Waals surface area (Å²) in [4.78, 5) is 6.86. The number of rotatable bonds is 8. The van der Waals surface area contributed by atoms with Gasteiger partial charge in [0.2, 0.25) is 0 Å². The van der Waals surface area contributed by atoms with E-state index in [-0.39, 0.29) is 24.0 Å².